The summed E-state index contributed by atoms with van der Waals surface area (Å²) in [5.41, 5.74) is 1.46. The van der Waals surface area contributed by atoms with Crippen LogP contribution in [0, 0.1) is 5.92 Å². The first-order valence-electron chi connectivity index (χ1n) is 10.0. The van der Waals surface area contributed by atoms with Gasteiger partial charge in [-0.3, -0.25) is 19.8 Å². The van der Waals surface area contributed by atoms with E-state index in [9.17, 15) is 9.59 Å². The van der Waals surface area contributed by atoms with Crippen LogP contribution in [-0.4, -0.2) is 29.8 Å². The lowest BCUT2D eigenvalue weighted by Crippen LogP contribution is -2.57. The summed E-state index contributed by atoms with van der Waals surface area (Å²) in [5, 5.41) is 3.93. The Balaban J connectivity index is 1.51. The average molecular weight is 431 g/mol. The molecule has 0 aliphatic carbocycles. The first-order chi connectivity index (χ1) is 14.0. The highest BCUT2D eigenvalue weighted by Crippen LogP contribution is 2.44. The van der Waals surface area contributed by atoms with Gasteiger partial charge >= 0.3 is 0 Å². The predicted molar refractivity (Wildman–Crippen MR) is 115 cm³/mol. The van der Waals surface area contributed by atoms with E-state index in [1.165, 1.54) is 0 Å². The summed E-state index contributed by atoms with van der Waals surface area (Å²) < 4.78 is 0. The number of benzene rings is 2. The number of rotatable bonds is 4. The third kappa shape index (κ3) is 4.07. The quantitative estimate of drug-likeness (QED) is 0.721. The third-order valence-electron chi connectivity index (χ3n) is 6.39. The van der Waals surface area contributed by atoms with E-state index in [4.69, 9.17) is 23.2 Å². The highest BCUT2D eigenvalue weighted by Gasteiger charge is 2.50. The molecule has 2 heterocycles. The largest absolute Gasteiger partial charge is 0.299 e. The maximum Gasteiger partial charge on any atom is 0.237 e. The maximum absolute atomic E-state index is 13.1. The highest BCUT2D eigenvalue weighted by atomic mass is 35.5. The SMILES string of the molecule is O=C1CCC(c2ccccc2)(C2CCN(Cc3ccc(Cl)cc3Cl)CC2)C(=O)N1. The van der Waals surface area contributed by atoms with Crippen molar-refractivity contribution >= 4 is 35.0 Å². The van der Waals surface area contributed by atoms with Gasteiger partial charge in [0.1, 0.15) is 0 Å². The molecule has 2 saturated heterocycles. The van der Waals surface area contributed by atoms with Gasteiger partial charge in [-0.25, -0.2) is 0 Å². The van der Waals surface area contributed by atoms with E-state index in [2.05, 4.69) is 10.2 Å². The Hall–Kier alpha value is -1.88. The zero-order valence-electron chi connectivity index (χ0n) is 16.2. The number of hydrogen-bond acceptors (Lipinski definition) is 3. The van der Waals surface area contributed by atoms with Crippen molar-refractivity contribution in [2.45, 2.75) is 37.6 Å². The fourth-order valence-electron chi connectivity index (χ4n) is 4.84. The van der Waals surface area contributed by atoms with Crippen LogP contribution in [0.15, 0.2) is 48.5 Å². The summed E-state index contributed by atoms with van der Waals surface area (Å²) in [6, 6.07) is 15.6. The Morgan fingerprint density at radius 2 is 1.76 bits per heavy atom. The first kappa shape index (κ1) is 20.4. The molecule has 0 radical (unpaired) electrons. The number of likely N-dealkylation sites (tertiary alicyclic amines) is 1. The zero-order chi connectivity index (χ0) is 20.4. The first-order valence-corrected chi connectivity index (χ1v) is 10.8. The topological polar surface area (TPSA) is 49.4 Å². The van der Waals surface area contributed by atoms with E-state index in [0.717, 1.165) is 43.6 Å². The van der Waals surface area contributed by atoms with E-state index >= 15 is 0 Å². The van der Waals surface area contributed by atoms with E-state index in [-0.39, 0.29) is 17.7 Å². The molecule has 2 aromatic rings. The number of imide groups is 1. The minimum Gasteiger partial charge on any atom is -0.299 e. The number of amides is 2. The van der Waals surface area contributed by atoms with Gasteiger partial charge in [0.2, 0.25) is 11.8 Å². The number of hydrogen-bond donors (Lipinski definition) is 1. The number of nitrogens with zero attached hydrogens (tertiary/aromatic N) is 1. The summed E-state index contributed by atoms with van der Waals surface area (Å²) in [5.74, 6) is -0.106. The molecule has 152 valence electrons. The Kier molecular flexibility index (Phi) is 5.95. The summed E-state index contributed by atoms with van der Waals surface area (Å²) in [6.45, 7) is 2.55. The van der Waals surface area contributed by atoms with Crippen molar-refractivity contribution in [1.29, 1.82) is 0 Å². The van der Waals surface area contributed by atoms with E-state index in [1.807, 2.05) is 42.5 Å². The third-order valence-corrected chi connectivity index (χ3v) is 6.97. The van der Waals surface area contributed by atoms with Crippen LogP contribution in [0.3, 0.4) is 0 Å². The van der Waals surface area contributed by atoms with Crippen LogP contribution >= 0.6 is 23.2 Å². The summed E-state index contributed by atoms with van der Waals surface area (Å²) in [4.78, 5) is 27.3. The fourth-order valence-corrected chi connectivity index (χ4v) is 5.30. The Bertz CT molecular complexity index is 910. The molecule has 0 bridgehead atoms. The van der Waals surface area contributed by atoms with Gasteiger partial charge < -0.3 is 0 Å². The second-order valence-electron chi connectivity index (χ2n) is 8.00. The van der Waals surface area contributed by atoms with E-state index in [1.54, 1.807) is 6.07 Å². The van der Waals surface area contributed by atoms with Crippen LogP contribution in [0.5, 0.6) is 0 Å². The number of piperidine rings is 2. The van der Waals surface area contributed by atoms with Gasteiger partial charge in [-0.05, 0) is 61.5 Å². The Labute approximate surface area is 181 Å². The van der Waals surface area contributed by atoms with Crippen molar-refractivity contribution in [3.05, 3.63) is 69.7 Å². The lowest BCUT2D eigenvalue weighted by atomic mass is 9.62. The minimum absolute atomic E-state index is 0.140. The molecular formula is C23H24Cl2N2O2. The summed E-state index contributed by atoms with van der Waals surface area (Å²) in [7, 11) is 0. The van der Waals surface area contributed by atoms with Crippen molar-refractivity contribution in [3.63, 3.8) is 0 Å². The van der Waals surface area contributed by atoms with Crippen LogP contribution in [0.1, 0.15) is 36.8 Å². The molecule has 1 N–H and O–H groups in total. The molecule has 4 nitrogen and oxygen atoms in total. The molecule has 4 rings (SSSR count). The molecule has 6 heteroatoms. The summed E-state index contributed by atoms with van der Waals surface area (Å²) >= 11 is 12.3. The molecule has 1 unspecified atom stereocenters. The maximum atomic E-state index is 13.1. The second kappa shape index (κ2) is 8.47. The normalized spacial score (nSPS) is 23.8. The van der Waals surface area contributed by atoms with Crippen LogP contribution < -0.4 is 5.32 Å². The molecule has 29 heavy (non-hydrogen) atoms. The van der Waals surface area contributed by atoms with E-state index in [0.29, 0.717) is 22.9 Å². The molecule has 2 fully saturated rings. The number of carbonyl (C=O) groups excluding carboxylic acids is 2. The monoisotopic (exact) mass is 430 g/mol. The molecule has 2 aliphatic heterocycles. The molecule has 0 spiro atoms. The van der Waals surface area contributed by atoms with Crippen molar-refractivity contribution in [3.8, 4) is 0 Å². The fraction of sp³-hybridized carbons (Fsp3) is 0.391. The molecule has 2 aliphatic rings. The smallest absolute Gasteiger partial charge is 0.237 e. The average Bonchev–Trinajstić information content (AvgIpc) is 2.72. The molecular weight excluding hydrogens is 407 g/mol. The number of halogens is 2. The Morgan fingerprint density at radius 1 is 1.03 bits per heavy atom. The van der Waals surface area contributed by atoms with Gasteiger partial charge in [0.05, 0.1) is 5.41 Å². The van der Waals surface area contributed by atoms with Crippen LogP contribution in [-0.2, 0) is 21.5 Å². The lowest BCUT2D eigenvalue weighted by Gasteiger charge is -2.45. The van der Waals surface area contributed by atoms with Gasteiger partial charge in [0, 0.05) is 23.0 Å². The molecule has 2 amide bonds. The van der Waals surface area contributed by atoms with Gasteiger partial charge in [0.15, 0.2) is 0 Å². The minimum atomic E-state index is -0.626. The van der Waals surface area contributed by atoms with Gasteiger partial charge in [-0.15, -0.1) is 0 Å². The standard InChI is InChI=1S/C23H24Cl2N2O2/c24-19-7-6-16(20(25)14-19)15-27-12-9-18(10-13-27)23(17-4-2-1-3-5-17)11-8-21(28)26-22(23)29/h1-7,14,18H,8-13,15H2,(H,26,28,29). The lowest BCUT2D eigenvalue weighted by molar-refractivity contribution is -0.140. The highest BCUT2D eigenvalue weighted by molar-refractivity contribution is 6.35. The van der Waals surface area contributed by atoms with Gasteiger partial charge in [0.25, 0.3) is 0 Å². The van der Waals surface area contributed by atoms with Crippen LogP contribution in [0.4, 0.5) is 0 Å². The Morgan fingerprint density at radius 3 is 2.41 bits per heavy atom. The van der Waals surface area contributed by atoms with Gasteiger partial charge in [-0.1, -0.05) is 59.6 Å². The number of nitrogens with one attached hydrogen (secondary N) is 1. The van der Waals surface area contributed by atoms with Crippen LogP contribution in [0.25, 0.3) is 0 Å². The van der Waals surface area contributed by atoms with Crippen LogP contribution in [0.2, 0.25) is 10.0 Å². The molecule has 0 aromatic heterocycles. The van der Waals surface area contributed by atoms with Crippen molar-refractivity contribution in [2.75, 3.05) is 13.1 Å². The van der Waals surface area contributed by atoms with Gasteiger partial charge in [-0.2, -0.15) is 0 Å². The van der Waals surface area contributed by atoms with Crippen molar-refractivity contribution in [2.24, 2.45) is 5.92 Å². The number of carbonyl (C=O) groups is 2. The second-order valence-corrected chi connectivity index (χ2v) is 8.84. The molecule has 0 saturated carbocycles. The molecule has 1 atom stereocenters. The van der Waals surface area contributed by atoms with Crippen molar-refractivity contribution in [1.82, 2.24) is 10.2 Å². The summed E-state index contributed by atoms with van der Waals surface area (Å²) in [6.07, 6.45) is 2.78. The molecule has 2 aromatic carbocycles. The zero-order valence-corrected chi connectivity index (χ0v) is 17.7. The predicted octanol–water partition coefficient (Wildman–Crippen LogP) is 4.58. The van der Waals surface area contributed by atoms with E-state index < -0.39 is 5.41 Å². The van der Waals surface area contributed by atoms with Crippen molar-refractivity contribution < 1.29 is 9.59 Å².